The lowest BCUT2D eigenvalue weighted by Gasteiger charge is -2.08. The highest BCUT2D eigenvalue weighted by Crippen LogP contribution is 2.32. The smallest absolute Gasteiger partial charge is 0.231 e. The molecule has 1 heterocycles. The van der Waals surface area contributed by atoms with E-state index in [0.29, 0.717) is 0 Å². The van der Waals surface area contributed by atoms with Crippen LogP contribution < -0.4 is 5.73 Å². The largest absolute Gasteiger partial charge is 0.339 e. The third-order valence-corrected chi connectivity index (χ3v) is 3.19. The molecule has 0 bridgehead atoms. The summed E-state index contributed by atoms with van der Waals surface area (Å²) in [6, 6.07) is 0.206. The molecule has 0 spiro atoms. The summed E-state index contributed by atoms with van der Waals surface area (Å²) in [4.78, 5) is 4.35. The van der Waals surface area contributed by atoms with Crippen LogP contribution in [0.3, 0.4) is 0 Å². The van der Waals surface area contributed by atoms with Crippen LogP contribution in [0, 0.1) is 0 Å². The maximum absolute atomic E-state index is 5.96. The monoisotopic (exact) mass is 213 g/mol. The summed E-state index contributed by atoms with van der Waals surface area (Å²) >= 11 is 1.70. The van der Waals surface area contributed by atoms with Crippen molar-refractivity contribution in [2.24, 2.45) is 5.73 Å². The second kappa shape index (κ2) is 4.31. The van der Waals surface area contributed by atoms with Crippen LogP contribution in [0.2, 0.25) is 0 Å². The van der Waals surface area contributed by atoms with E-state index in [-0.39, 0.29) is 12.0 Å². The Balaban J connectivity index is 2.08. The van der Waals surface area contributed by atoms with Gasteiger partial charge in [0.05, 0.1) is 11.7 Å². The number of hydrogen-bond acceptors (Lipinski definition) is 5. The quantitative estimate of drug-likeness (QED) is 0.824. The zero-order valence-corrected chi connectivity index (χ0v) is 9.09. The van der Waals surface area contributed by atoms with Crippen molar-refractivity contribution in [1.29, 1.82) is 0 Å². The summed E-state index contributed by atoms with van der Waals surface area (Å²) in [6.07, 6.45) is 5.36. The molecule has 4 nitrogen and oxygen atoms in total. The van der Waals surface area contributed by atoms with Gasteiger partial charge in [-0.05, 0) is 19.1 Å². The van der Waals surface area contributed by atoms with Gasteiger partial charge < -0.3 is 10.3 Å². The Hall–Kier alpha value is -0.550. The van der Waals surface area contributed by atoms with Crippen LogP contribution in [0.5, 0.6) is 0 Å². The summed E-state index contributed by atoms with van der Waals surface area (Å²) in [5.74, 6) is 2.62. The minimum atomic E-state index is 0.206. The molecule has 0 radical (unpaired) electrons. The van der Waals surface area contributed by atoms with Gasteiger partial charge in [-0.25, -0.2) is 0 Å². The van der Waals surface area contributed by atoms with Crippen molar-refractivity contribution in [2.75, 3.05) is 6.26 Å². The van der Waals surface area contributed by atoms with Crippen LogP contribution in [0.15, 0.2) is 4.52 Å². The van der Waals surface area contributed by atoms with E-state index in [2.05, 4.69) is 10.1 Å². The van der Waals surface area contributed by atoms with Crippen molar-refractivity contribution in [3.63, 3.8) is 0 Å². The van der Waals surface area contributed by atoms with E-state index in [0.717, 1.165) is 30.3 Å². The molecule has 1 fully saturated rings. The first-order valence-electron chi connectivity index (χ1n) is 4.88. The third kappa shape index (κ3) is 1.93. The van der Waals surface area contributed by atoms with Gasteiger partial charge in [0.1, 0.15) is 0 Å². The van der Waals surface area contributed by atoms with E-state index in [1.165, 1.54) is 6.42 Å². The lowest BCUT2D eigenvalue weighted by molar-refractivity contribution is 0.342. The first kappa shape index (κ1) is 9.98. The molecular formula is C9H15N3OS. The van der Waals surface area contributed by atoms with E-state index >= 15 is 0 Å². The summed E-state index contributed by atoms with van der Waals surface area (Å²) in [7, 11) is 0. The van der Waals surface area contributed by atoms with Gasteiger partial charge in [0.25, 0.3) is 0 Å². The van der Waals surface area contributed by atoms with E-state index < -0.39 is 0 Å². The highest BCUT2D eigenvalue weighted by Gasteiger charge is 2.30. The Morgan fingerprint density at radius 1 is 1.57 bits per heavy atom. The first-order valence-corrected chi connectivity index (χ1v) is 6.27. The Kier molecular flexibility index (Phi) is 3.08. The van der Waals surface area contributed by atoms with Crippen molar-refractivity contribution < 1.29 is 4.52 Å². The van der Waals surface area contributed by atoms with Crippen LogP contribution in [0.1, 0.15) is 36.9 Å². The van der Waals surface area contributed by atoms with Gasteiger partial charge >= 0.3 is 0 Å². The maximum atomic E-state index is 5.96. The minimum Gasteiger partial charge on any atom is -0.339 e. The van der Waals surface area contributed by atoms with Gasteiger partial charge in [-0.1, -0.05) is 11.6 Å². The molecule has 2 atom stereocenters. The molecule has 2 unspecified atom stereocenters. The number of nitrogens with zero attached hydrogens (tertiary/aromatic N) is 2. The standard InChI is InChI=1S/C9H15N3OS/c1-14-5-8-11-9(13-12-8)6-3-2-4-7(6)10/h6-7H,2-5,10H2,1H3. The molecule has 1 aromatic heterocycles. The molecule has 0 amide bonds. The van der Waals surface area contributed by atoms with Gasteiger partial charge in [-0.15, -0.1) is 0 Å². The molecule has 1 aliphatic rings. The molecule has 5 heteroatoms. The number of rotatable bonds is 3. The lowest BCUT2D eigenvalue weighted by atomic mass is 10.1. The minimum absolute atomic E-state index is 0.206. The van der Waals surface area contributed by atoms with Crippen LogP contribution in [0.4, 0.5) is 0 Å². The lowest BCUT2D eigenvalue weighted by Crippen LogP contribution is -2.22. The summed E-state index contributed by atoms with van der Waals surface area (Å²) in [5, 5.41) is 3.92. The van der Waals surface area contributed by atoms with Gasteiger partial charge in [-0.3, -0.25) is 0 Å². The zero-order valence-electron chi connectivity index (χ0n) is 8.27. The Morgan fingerprint density at radius 3 is 3.07 bits per heavy atom. The normalized spacial score (nSPS) is 27.0. The molecule has 2 rings (SSSR count). The molecule has 0 aliphatic heterocycles. The Morgan fingerprint density at radius 2 is 2.43 bits per heavy atom. The van der Waals surface area contributed by atoms with Crippen LogP contribution in [-0.4, -0.2) is 22.4 Å². The molecule has 1 saturated carbocycles. The average Bonchev–Trinajstić information content (AvgIpc) is 2.74. The van der Waals surface area contributed by atoms with Gasteiger partial charge in [0.2, 0.25) is 5.89 Å². The first-order chi connectivity index (χ1) is 6.81. The van der Waals surface area contributed by atoms with Gasteiger partial charge in [0.15, 0.2) is 5.82 Å². The van der Waals surface area contributed by atoms with E-state index in [4.69, 9.17) is 10.3 Å². The topological polar surface area (TPSA) is 64.9 Å². The molecule has 78 valence electrons. The molecule has 0 saturated heterocycles. The van der Waals surface area contributed by atoms with Crippen LogP contribution in [-0.2, 0) is 5.75 Å². The van der Waals surface area contributed by atoms with E-state index in [1.54, 1.807) is 11.8 Å². The zero-order chi connectivity index (χ0) is 9.97. The molecule has 2 N–H and O–H groups in total. The number of thioether (sulfide) groups is 1. The fourth-order valence-electron chi connectivity index (χ4n) is 1.90. The summed E-state index contributed by atoms with van der Waals surface area (Å²) < 4.78 is 5.22. The average molecular weight is 213 g/mol. The van der Waals surface area contributed by atoms with Crippen molar-refractivity contribution in [3.8, 4) is 0 Å². The second-order valence-corrected chi connectivity index (χ2v) is 4.55. The third-order valence-electron chi connectivity index (χ3n) is 2.64. The number of nitrogens with two attached hydrogens (primary N) is 1. The van der Waals surface area contributed by atoms with Crippen molar-refractivity contribution >= 4 is 11.8 Å². The predicted molar refractivity (Wildman–Crippen MR) is 56.1 cm³/mol. The fourth-order valence-corrected chi connectivity index (χ4v) is 2.28. The van der Waals surface area contributed by atoms with Gasteiger partial charge in [-0.2, -0.15) is 16.7 Å². The molecular weight excluding hydrogens is 198 g/mol. The maximum Gasteiger partial charge on any atom is 0.231 e. The second-order valence-electron chi connectivity index (χ2n) is 3.68. The highest BCUT2D eigenvalue weighted by atomic mass is 32.2. The predicted octanol–water partition coefficient (Wildman–Crippen LogP) is 1.53. The van der Waals surface area contributed by atoms with Crippen molar-refractivity contribution in [1.82, 2.24) is 10.1 Å². The highest BCUT2D eigenvalue weighted by molar-refractivity contribution is 7.97. The Bertz CT molecular complexity index is 302. The summed E-state index contributed by atoms with van der Waals surface area (Å²) in [6.45, 7) is 0. The summed E-state index contributed by atoms with van der Waals surface area (Å²) in [5.41, 5.74) is 5.96. The van der Waals surface area contributed by atoms with Crippen LogP contribution in [0.25, 0.3) is 0 Å². The Labute approximate surface area is 87.6 Å². The number of hydrogen-bond donors (Lipinski definition) is 1. The van der Waals surface area contributed by atoms with Crippen molar-refractivity contribution in [2.45, 2.75) is 37.0 Å². The molecule has 0 aromatic carbocycles. The van der Waals surface area contributed by atoms with E-state index in [9.17, 15) is 0 Å². The SMILES string of the molecule is CSCc1noc(C2CCCC2N)n1. The fraction of sp³-hybridized carbons (Fsp3) is 0.778. The van der Waals surface area contributed by atoms with E-state index in [1.807, 2.05) is 6.26 Å². The molecule has 14 heavy (non-hydrogen) atoms. The molecule has 1 aliphatic carbocycles. The van der Waals surface area contributed by atoms with Crippen molar-refractivity contribution in [3.05, 3.63) is 11.7 Å². The number of aromatic nitrogens is 2. The van der Waals surface area contributed by atoms with Gasteiger partial charge in [0, 0.05) is 6.04 Å². The molecule has 1 aromatic rings. The van der Waals surface area contributed by atoms with Crippen LogP contribution >= 0.6 is 11.8 Å².